The zero-order valence-corrected chi connectivity index (χ0v) is 17.2. The monoisotopic (exact) mass is 446 g/mol. The quantitative estimate of drug-likeness (QED) is 0.303. The predicted molar refractivity (Wildman–Crippen MR) is 111 cm³/mol. The zero-order chi connectivity index (χ0) is 16.5. The van der Waals surface area contributed by atoms with Crippen LogP contribution in [-0.4, -0.2) is 61.6 Å². The smallest absolute Gasteiger partial charge is 0.194 e. The van der Waals surface area contributed by atoms with Gasteiger partial charge in [0.05, 0.1) is 6.26 Å². The summed E-state index contributed by atoms with van der Waals surface area (Å²) < 4.78 is 5.37. The van der Waals surface area contributed by atoms with Gasteiger partial charge in [-0.2, -0.15) is 0 Å². The van der Waals surface area contributed by atoms with Crippen LogP contribution in [0.15, 0.2) is 40.5 Å². The van der Waals surface area contributed by atoms with Gasteiger partial charge in [-0.05, 0) is 18.1 Å². The van der Waals surface area contributed by atoms with Crippen LogP contribution in [0.25, 0.3) is 0 Å². The number of nitrogens with zero attached hydrogens (tertiary/aromatic N) is 3. The second kappa shape index (κ2) is 11.5. The standard InChI is InChI=1S/C18H30N4O.HI/c1-4-8-19-18(20-9-7-17-6-5-14-23-17)22-12-10-21(11-13-22)15-16(2)3;/h4-6,14,16H,1,7-13,15H2,2-3H3,(H,19,20);1H. The summed E-state index contributed by atoms with van der Waals surface area (Å²) in [5.41, 5.74) is 0. The predicted octanol–water partition coefficient (Wildman–Crippen LogP) is 2.85. The molecule has 1 N–H and O–H groups in total. The van der Waals surface area contributed by atoms with Crippen LogP contribution >= 0.6 is 24.0 Å². The Morgan fingerprint density at radius 1 is 1.38 bits per heavy atom. The first-order chi connectivity index (χ1) is 11.2. The van der Waals surface area contributed by atoms with Gasteiger partial charge in [-0.3, -0.25) is 9.89 Å². The van der Waals surface area contributed by atoms with Gasteiger partial charge in [0.15, 0.2) is 5.96 Å². The zero-order valence-electron chi connectivity index (χ0n) is 14.9. The van der Waals surface area contributed by atoms with E-state index in [1.165, 1.54) is 6.54 Å². The molecule has 1 aromatic heterocycles. The molecule has 0 saturated carbocycles. The minimum absolute atomic E-state index is 0. The molecule has 2 heterocycles. The lowest BCUT2D eigenvalue weighted by Gasteiger charge is -2.37. The van der Waals surface area contributed by atoms with Crippen molar-refractivity contribution in [2.24, 2.45) is 10.9 Å². The molecule has 136 valence electrons. The van der Waals surface area contributed by atoms with E-state index in [9.17, 15) is 0 Å². The molecule has 2 rings (SSSR count). The molecular formula is C18H31IN4O. The van der Waals surface area contributed by atoms with Crippen molar-refractivity contribution in [2.75, 3.05) is 45.8 Å². The maximum Gasteiger partial charge on any atom is 0.194 e. The van der Waals surface area contributed by atoms with Gasteiger partial charge in [-0.15, -0.1) is 30.6 Å². The van der Waals surface area contributed by atoms with E-state index in [0.29, 0.717) is 0 Å². The van der Waals surface area contributed by atoms with Crippen LogP contribution in [0, 0.1) is 5.92 Å². The normalized spacial score (nSPS) is 16.1. The highest BCUT2D eigenvalue weighted by molar-refractivity contribution is 14.0. The maximum atomic E-state index is 5.37. The summed E-state index contributed by atoms with van der Waals surface area (Å²) in [6.07, 6.45) is 4.42. The van der Waals surface area contributed by atoms with Gasteiger partial charge in [0.1, 0.15) is 5.76 Å². The number of guanidine groups is 1. The second-order valence-corrected chi connectivity index (χ2v) is 6.39. The number of piperazine rings is 1. The van der Waals surface area contributed by atoms with Crippen molar-refractivity contribution in [3.8, 4) is 0 Å². The molecule has 1 saturated heterocycles. The number of furan rings is 1. The van der Waals surface area contributed by atoms with E-state index in [2.05, 4.69) is 35.5 Å². The van der Waals surface area contributed by atoms with E-state index in [1.807, 2.05) is 18.2 Å². The fourth-order valence-electron chi connectivity index (χ4n) is 2.82. The Morgan fingerprint density at radius 2 is 2.12 bits per heavy atom. The van der Waals surface area contributed by atoms with Crippen LogP contribution in [0.2, 0.25) is 0 Å². The molecule has 0 atom stereocenters. The van der Waals surface area contributed by atoms with Crippen molar-refractivity contribution >= 4 is 29.9 Å². The Kier molecular flexibility index (Phi) is 10.1. The van der Waals surface area contributed by atoms with Gasteiger partial charge in [-0.1, -0.05) is 19.9 Å². The molecule has 0 aliphatic carbocycles. The molecule has 5 nitrogen and oxygen atoms in total. The lowest BCUT2D eigenvalue weighted by Crippen LogP contribution is -2.53. The average Bonchev–Trinajstić information content (AvgIpc) is 3.04. The Hall–Kier alpha value is -1.02. The van der Waals surface area contributed by atoms with Crippen molar-refractivity contribution in [1.82, 2.24) is 15.1 Å². The number of hydrogen-bond acceptors (Lipinski definition) is 3. The first kappa shape index (κ1) is 21.0. The summed E-state index contributed by atoms with van der Waals surface area (Å²) in [7, 11) is 0. The number of aliphatic imine (C=N–C) groups is 1. The van der Waals surface area contributed by atoms with Crippen molar-refractivity contribution in [1.29, 1.82) is 0 Å². The first-order valence-electron chi connectivity index (χ1n) is 8.58. The number of hydrogen-bond donors (Lipinski definition) is 1. The van der Waals surface area contributed by atoms with E-state index < -0.39 is 0 Å². The minimum Gasteiger partial charge on any atom is -0.469 e. The third-order valence-electron chi connectivity index (χ3n) is 3.90. The summed E-state index contributed by atoms with van der Waals surface area (Å²) in [6.45, 7) is 15.2. The Labute approximate surface area is 163 Å². The third kappa shape index (κ3) is 7.25. The van der Waals surface area contributed by atoms with Crippen LogP contribution in [-0.2, 0) is 6.42 Å². The van der Waals surface area contributed by atoms with E-state index in [4.69, 9.17) is 9.41 Å². The number of rotatable bonds is 7. The number of nitrogens with one attached hydrogen (secondary N) is 1. The highest BCUT2D eigenvalue weighted by Crippen LogP contribution is 2.06. The van der Waals surface area contributed by atoms with Crippen molar-refractivity contribution in [2.45, 2.75) is 20.3 Å². The Bertz CT molecular complexity index is 479. The van der Waals surface area contributed by atoms with Gasteiger partial charge in [-0.25, -0.2) is 0 Å². The molecule has 6 heteroatoms. The van der Waals surface area contributed by atoms with E-state index >= 15 is 0 Å². The van der Waals surface area contributed by atoms with Crippen LogP contribution in [0.3, 0.4) is 0 Å². The lowest BCUT2D eigenvalue weighted by atomic mass is 10.2. The SMILES string of the molecule is C=CCNC(=NCCc1ccco1)N1CCN(CC(C)C)CC1.I. The van der Waals surface area contributed by atoms with Crippen LogP contribution in [0.4, 0.5) is 0 Å². The largest absolute Gasteiger partial charge is 0.469 e. The molecule has 1 aromatic rings. The minimum atomic E-state index is 0. The summed E-state index contributed by atoms with van der Waals surface area (Å²) in [5, 5.41) is 3.38. The molecule has 1 aliphatic rings. The second-order valence-electron chi connectivity index (χ2n) is 6.39. The summed E-state index contributed by atoms with van der Waals surface area (Å²) in [6, 6.07) is 3.92. The Morgan fingerprint density at radius 3 is 2.71 bits per heavy atom. The van der Waals surface area contributed by atoms with Crippen LogP contribution < -0.4 is 5.32 Å². The molecule has 0 unspecified atom stereocenters. The van der Waals surface area contributed by atoms with Gasteiger partial charge in [0, 0.05) is 52.2 Å². The van der Waals surface area contributed by atoms with E-state index in [-0.39, 0.29) is 24.0 Å². The van der Waals surface area contributed by atoms with Crippen LogP contribution in [0.5, 0.6) is 0 Å². The average molecular weight is 446 g/mol. The van der Waals surface area contributed by atoms with Gasteiger partial charge < -0.3 is 14.6 Å². The van der Waals surface area contributed by atoms with Crippen molar-refractivity contribution in [3.05, 3.63) is 36.8 Å². The molecule has 0 spiro atoms. The highest BCUT2D eigenvalue weighted by Gasteiger charge is 2.19. The highest BCUT2D eigenvalue weighted by atomic mass is 127. The summed E-state index contributed by atoms with van der Waals surface area (Å²) >= 11 is 0. The number of halogens is 1. The van der Waals surface area contributed by atoms with Crippen molar-refractivity contribution in [3.63, 3.8) is 0 Å². The molecular weight excluding hydrogens is 415 g/mol. The summed E-state index contributed by atoms with van der Waals surface area (Å²) in [4.78, 5) is 9.64. The fraction of sp³-hybridized carbons (Fsp3) is 0.611. The molecule has 1 aliphatic heterocycles. The molecule has 0 amide bonds. The molecule has 0 radical (unpaired) electrons. The lowest BCUT2D eigenvalue weighted by molar-refractivity contribution is 0.164. The van der Waals surface area contributed by atoms with Gasteiger partial charge >= 0.3 is 0 Å². The maximum absolute atomic E-state index is 5.37. The van der Waals surface area contributed by atoms with Gasteiger partial charge in [0.2, 0.25) is 0 Å². The van der Waals surface area contributed by atoms with Gasteiger partial charge in [0.25, 0.3) is 0 Å². The van der Waals surface area contributed by atoms with Crippen molar-refractivity contribution < 1.29 is 4.42 Å². The Balaban J connectivity index is 0.00000288. The fourth-order valence-corrected chi connectivity index (χ4v) is 2.82. The third-order valence-corrected chi connectivity index (χ3v) is 3.90. The van der Waals surface area contributed by atoms with E-state index in [1.54, 1.807) is 6.26 Å². The molecule has 1 fully saturated rings. The molecule has 0 aromatic carbocycles. The molecule has 24 heavy (non-hydrogen) atoms. The summed E-state index contributed by atoms with van der Waals surface area (Å²) in [5.74, 6) is 2.70. The van der Waals surface area contributed by atoms with E-state index in [0.717, 1.165) is 63.3 Å². The first-order valence-corrected chi connectivity index (χ1v) is 8.58. The topological polar surface area (TPSA) is 44.0 Å². The molecule has 0 bridgehead atoms. The van der Waals surface area contributed by atoms with Crippen LogP contribution in [0.1, 0.15) is 19.6 Å².